The summed E-state index contributed by atoms with van der Waals surface area (Å²) in [5.41, 5.74) is 0. The second-order valence-corrected chi connectivity index (χ2v) is 2.51. The minimum atomic E-state index is 0.0532. The molecule has 1 aliphatic heterocycles. The van der Waals surface area contributed by atoms with Gasteiger partial charge in [0.1, 0.15) is 5.76 Å². The van der Waals surface area contributed by atoms with Crippen LogP contribution in [0.15, 0.2) is 11.8 Å². The molecule has 1 aliphatic rings. The average molecular weight is 133 g/mol. The molecular weight excluding hydrogens is 124 g/mol. The summed E-state index contributed by atoms with van der Waals surface area (Å²) in [4.78, 5) is 0. The first kappa shape index (κ1) is 5.96. The predicted molar refractivity (Wildman–Crippen MR) is 34.0 cm³/mol. The summed E-state index contributed by atoms with van der Waals surface area (Å²) >= 11 is 5.69. The van der Waals surface area contributed by atoms with Crippen LogP contribution in [0.5, 0.6) is 0 Å². The molecule has 0 N–H and O–H groups in total. The first-order chi connectivity index (χ1) is 3.80. The van der Waals surface area contributed by atoms with Crippen LogP contribution in [-0.2, 0) is 4.74 Å². The lowest BCUT2D eigenvalue weighted by Gasteiger charge is -2.02. The standard InChI is InChI=1S/C6H9ClO/c1-5(7)6-3-2-4-8-6/h3,5H,2,4H2,1H3. The SMILES string of the molecule is CC(Cl)C1=CCCO1. The maximum atomic E-state index is 5.69. The van der Waals surface area contributed by atoms with E-state index in [1.807, 2.05) is 13.0 Å². The van der Waals surface area contributed by atoms with Gasteiger partial charge >= 0.3 is 0 Å². The summed E-state index contributed by atoms with van der Waals surface area (Å²) in [6.07, 6.45) is 3.06. The van der Waals surface area contributed by atoms with Gasteiger partial charge in [0, 0.05) is 6.42 Å². The molecule has 1 unspecified atom stereocenters. The molecule has 0 spiro atoms. The molecule has 1 atom stereocenters. The van der Waals surface area contributed by atoms with Gasteiger partial charge in [-0.25, -0.2) is 0 Å². The van der Waals surface area contributed by atoms with Gasteiger partial charge in [-0.2, -0.15) is 0 Å². The van der Waals surface area contributed by atoms with E-state index < -0.39 is 0 Å². The molecule has 0 saturated carbocycles. The largest absolute Gasteiger partial charge is 0.496 e. The van der Waals surface area contributed by atoms with Crippen LogP contribution in [-0.4, -0.2) is 12.0 Å². The molecule has 0 fully saturated rings. The van der Waals surface area contributed by atoms with Crippen molar-refractivity contribution in [3.63, 3.8) is 0 Å². The molecule has 1 rings (SSSR count). The summed E-state index contributed by atoms with van der Waals surface area (Å²) in [5, 5.41) is 0.0532. The Balaban J connectivity index is 2.45. The van der Waals surface area contributed by atoms with Crippen LogP contribution in [0, 0.1) is 0 Å². The number of rotatable bonds is 1. The lowest BCUT2D eigenvalue weighted by atomic mass is 10.3. The van der Waals surface area contributed by atoms with E-state index in [0.29, 0.717) is 0 Å². The van der Waals surface area contributed by atoms with E-state index in [2.05, 4.69) is 0 Å². The fourth-order valence-electron chi connectivity index (χ4n) is 0.714. The predicted octanol–water partition coefficient (Wildman–Crippen LogP) is 1.92. The van der Waals surface area contributed by atoms with Crippen LogP contribution >= 0.6 is 11.6 Å². The van der Waals surface area contributed by atoms with Crippen molar-refractivity contribution in [2.24, 2.45) is 0 Å². The maximum Gasteiger partial charge on any atom is 0.110 e. The van der Waals surface area contributed by atoms with Crippen molar-refractivity contribution >= 4 is 11.6 Å². The highest BCUT2D eigenvalue weighted by Gasteiger charge is 2.09. The van der Waals surface area contributed by atoms with Gasteiger partial charge in [-0.1, -0.05) is 0 Å². The quantitative estimate of drug-likeness (QED) is 0.496. The van der Waals surface area contributed by atoms with Gasteiger partial charge in [0.05, 0.1) is 12.0 Å². The Kier molecular flexibility index (Phi) is 1.79. The number of hydrogen-bond acceptors (Lipinski definition) is 1. The average Bonchev–Trinajstić information content (AvgIpc) is 2.12. The van der Waals surface area contributed by atoms with Crippen LogP contribution in [0.4, 0.5) is 0 Å². The summed E-state index contributed by atoms with van der Waals surface area (Å²) in [6.45, 7) is 2.73. The zero-order valence-corrected chi connectivity index (χ0v) is 5.61. The van der Waals surface area contributed by atoms with Gasteiger partial charge in [0.2, 0.25) is 0 Å². The fraction of sp³-hybridized carbons (Fsp3) is 0.667. The third-order valence-electron chi connectivity index (χ3n) is 1.12. The maximum absolute atomic E-state index is 5.69. The zero-order valence-electron chi connectivity index (χ0n) is 4.86. The molecule has 0 aromatic carbocycles. The van der Waals surface area contributed by atoms with E-state index in [0.717, 1.165) is 18.8 Å². The fourth-order valence-corrected chi connectivity index (χ4v) is 0.866. The Hall–Kier alpha value is -0.170. The third kappa shape index (κ3) is 1.16. The third-order valence-corrected chi connectivity index (χ3v) is 1.34. The lowest BCUT2D eigenvalue weighted by molar-refractivity contribution is 0.238. The molecule has 1 nitrogen and oxygen atoms in total. The Bertz CT molecular complexity index is 107. The smallest absolute Gasteiger partial charge is 0.110 e. The Morgan fingerprint density at radius 3 is 2.88 bits per heavy atom. The van der Waals surface area contributed by atoms with Crippen molar-refractivity contribution in [2.75, 3.05) is 6.61 Å². The highest BCUT2D eigenvalue weighted by molar-refractivity contribution is 6.21. The molecule has 0 amide bonds. The number of hydrogen-bond donors (Lipinski definition) is 0. The normalized spacial score (nSPS) is 22.0. The van der Waals surface area contributed by atoms with Gasteiger partial charge in [0.15, 0.2) is 0 Å². The van der Waals surface area contributed by atoms with Crippen molar-refractivity contribution in [3.8, 4) is 0 Å². The molecule has 0 aliphatic carbocycles. The topological polar surface area (TPSA) is 9.23 Å². The van der Waals surface area contributed by atoms with Gasteiger partial charge in [0.25, 0.3) is 0 Å². The Morgan fingerprint density at radius 1 is 1.88 bits per heavy atom. The van der Waals surface area contributed by atoms with Gasteiger partial charge in [-0.15, -0.1) is 11.6 Å². The van der Waals surface area contributed by atoms with Crippen LogP contribution in [0.2, 0.25) is 0 Å². The lowest BCUT2D eigenvalue weighted by Crippen LogP contribution is -1.96. The van der Waals surface area contributed by atoms with Crippen LogP contribution in [0.25, 0.3) is 0 Å². The molecule has 0 aromatic heterocycles. The van der Waals surface area contributed by atoms with Crippen molar-refractivity contribution in [1.82, 2.24) is 0 Å². The van der Waals surface area contributed by atoms with Crippen LogP contribution < -0.4 is 0 Å². The van der Waals surface area contributed by atoms with E-state index in [9.17, 15) is 0 Å². The second-order valence-electron chi connectivity index (χ2n) is 1.86. The molecule has 0 bridgehead atoms. The minimum Gasteiger partial charge on any atom is -0.496 e. The summed E-state index contributed by atoms with van der Waals surface area (Å²) in [7, 11) is 0. The molecule has 0 aromatic rings. The van der Waals surface area contributed by atoms with Gasteiger partial charge in [-0.05, 0) is 13.0 Å². The van der Waals surface area contributed by atoms with Crippen molar-refractivity contribution in [2.45, 2.75) is 18.7 Å². The van der Waals surface area contributed by atoms with Gasteiger partial charge in [-0.3, -0.25) is 0 Å². The van der Waals surface area contributed by atoms with Crippen molar-refractivity contribution in [3.05, 3.63) is 11.8 Å². The molecule has 8 heavy (non-hydrogen) atoms. The molecule has 46 valence electrons. The molecule has 0 saturated heterocycles. The molecule has 1 heterocycles. The van der Waals surface area contributed by atoms with E-state index in [1.165, 1.54) is 0 Å². The Labute approximate surface area is 54.3 Å². The van der Waals surface area contributed by atoms with Crippen molar-refractivity contribution < 1.29 is 4.74 Å². The molecular formula is C6H9ClO. The zero-order chi connectivity index (χ0) is 5.98. The first-order valence-electron chi connectivity index (χ1n) is 2.77. The van der Waals surface area contributed by atoms with Crippen molar-refractivity contribution in [1.29, 1.82) is 0 Å². The van der Waals surface area contributed by atoms with E-state index in [-0.39, 0.29) is 5.38 Å². The van der Waals surface area contributed by atoms with Crippen LogP contribution in [0.3, 0.4) is 0 Å². The first-order valence-corrected chi connectivity index (χ1v) is 3.21. The highest BCUT2D eigenvalue weighted by Crippen LogP contribution is 2.16. The van der Waals surface area contributed by atoms with E-state index in [4.69, 9.17) is 16.3 Å². The summed E-state index contributed by atoms with van der Waals surface area (Å²) in [5.74, 6) is 0.937. The second kappa shape index (κ2) is 2.40. The monoisotopic (exact) mass is 132 g/mol. The number of allylic oxidation sites excluding steroid dienone is 1. The minimum absolute atomic E-state index is 0.0532. The summed E-state index contributed by atoms with van der Waals surface area (Å²) in [6, 6.07) is 0. The highest BCUT2D eigenvalue weighted by atomic mass is 35.5. The molecule has 2 heteroatoms. The van der Waals surface area contributed by atoms with E-state index in [1.54, 1.807) is 0 Å². The van der Waals surface area contributed by atoms with Gasteiger partial charge < -0.3 is 4.74 Å². The summed E-state index contributed by atoms with van der Waals surface area (Å²) < 4.78 is 5.14. The molecule has 0 radical (unpaired) electrons. The Morgan fingerprint density at radius 2 is 2.62 bits per heavy atom. The van der Waals surface area contributed by atoms with E-state index >= 15 is 0 Å². The number of halogens is 1. The number of alkyl halides is 1. The van der Waals surface area contributed by atoms with Crippen LogP contribution in [0.1, 0.15) is 13.3 Å². The number of ether oxygens (including phenoxy) is 1.